The van der Waals surface area contributed by atoms with E-state index in [2.05, 4.69) is 45.9 Å². The van der Waals surface area contributed by atoms with E-state index in [1.165, 1.54) is 16.7 Å². The Morgan fingerprint density at radius 2 is 1.67 bits per heavy atom. The second kappa shape index (κ2) is 10.7. The molecule has 0 aromatic heterocycles. The lowest BCUT2D eigenvalue weighted by atomic mass is 9.81. The Bertz CT molecular complexity index is 544. The van der Waals surface area contributed by atoms with Gasteiger partial charge >= 0.3 is 0 Å². The number of hydrogen-bond donors (Lipinski definition) is 0. The molecule has 0 saturated carbocycles. The van der Waals surface area contributed by atoms with Gasteiger partial charge in [-0.3, -0.25) is 4.79 Å². The highest BCUT2D eigenvalue weighted by molar-refractivity contribution is 6.42. The first-order chi connectivity index (χ1) is 11.3. The van der Waals surface area contributed by atoms with Gasteiger partial charge in [0.2, 0.25) is 0 Å². The summed E-state index contributed by atoms with van der Waals surface area (Å²) in [5, 5.41) is 0.424. The Morgan fingerprint density at radius 3 is 2.29 bits per heavy atom. The molecule has 2 unspecified atom stereocenters. The quantitative estimate of drug-likeness (QED) is 0.426. The van der Waals surface area contributed by atoms with Crippen LogP contribution >= 0.6 is 11.6 Å². The van der Waals surface area contributed by atoms with Crippen molar-refractivity contribution in [2.75, 3.05) is 0 Å². The second-order valence-electron chi connectivity index (χ2n) is 7.40. The largest absolute Gasteiger partial charge is 0.293 e. The monoisotopic (exact) mass is 348 g/mol. The van der Waals surface area contributed by atoms with E-state index in [0.29, 0.717) is 11.0 Å². The van der Waals surface area contributed by atoms with Crippen LogP contribution in [-0.2, 0) is 4.79 Å². The summed E-state index contributed by atoms with van der Waals surface area (Å²) in [5.41, 5.74) is 4.29. The third kappa shape index (κ3) is 7.66. The van der Waals surface area contributed by atoms with Crippen LogP contribution in [0, 0.1) is 11.8 Å². The molecule has 0 aromatic rings. The van der Waals surface area contributed by atoms with Gasteiger partial charge in [-0.1, -0.05) is 59.5 Å². The van der Waals surface area contributed by atoms with Crippen molar-refractivity contribution in [3.8, 4) is 0 Å². The Hall–Kier alpha value is -1.08. The molecule has 0 saturated heterocycles. The molecule has 0 aromatic carbocycles. The molecule has 0 aliphatic heterocycles. The van der Waals surface area contributed by atoms with E-state index < -0.39 is 0 Å². The highest BCUT2D eigenvalue weighted by Crippen LogP contribution is 2.31. The third-order valence-corrected chi connectivity index (χ3v) is 5.19. The average molecular weight is 349 g/mol. The van der Waals surface area contributed by atoms with Crippen molar-refractivity contribution >= 4 is 17.4 Å². The van der Waals surface area contributed by atoms with E-state index in [9.17, 15) is 4.79 Å². The highest BCUT2D eigenvalue weighted by atomic mass is 35.5. The van der Waals surface area contributed by atoms with Crippen LogP contribution in [0.25, 0.3) is 0 Å². The number of hydrogen-bond acceptors (Lipinski definition) is 1. The van der Waals surface area contributed by atoms with Gasteiger partial charge in [0, 0.05) is 5.92 Å². The molecule has 24 heavy (non-hydrogen) atoms. The predicted octanol–water partition coefficient (Wildman–Crippen LogP) is 7.14. The van der Waals surface area contributed by atoms with Gasteiger partial charge in [0.25, 0.3) is 0 Å². The Labute approximate surface area is 153 Å². The van der Waals surface area contributed by atoms with Crippen LogP contribution in [0.2, 0.25) is 0 Å². The molecule has 0 spiro atoms. The molecule has 1 aliphatic rings. The SMILES string of the molecule is CC(C)=CCC/C(C)=C/CC/C(C)=C/CC1CC=C(Cl)C(=O)C1C. The molecule has 0 fully saturated rings. The normalized spacial score (nSPS) is 22.4. The summed E-state index contributed by atoms with van der Waals surface area (Å²) in [7, 11) is 0. The van der Waals surface area contributed by atoms with Crippen LogP contribution in [0.4, 0.5) is 0 Å². The molecule has 1 aliphatic carbocycles. The number of allylic oxidation sites excluding steroid dienone is 8. The number of ketones is 1. The highest BCUT2D eigenvalue weighted by Gasteiger charge is 2.28. The molecule has 0 bridgehead atoms. The topological polar surface area (TPSA) is 17.1 Å². The minimum absolute atomic E-state index is 0.0452. The van der Waals surface area contributed by atoms with E-state index in [0.717, 1.165) is 38.5 Å². The lowest BCUT2D eigenvalue weighted by molar-refractivity contribution is -0.120. The van der Waals surface area contributed by atoms with Gasteiger partial charge in [-0.05, 0) is 72.1 Å². The predicted molar refractivity (Wildman–Crippen MR) is 106 cm³/mol. The van der Waals surface area contributed by atoms with E-state index in [4.69, 9.17) is 11.6 Å². The van der Waals surface area contributed by atoms with Gasteiger partial charge in [0.15, 0.2) is 5.78 Å². The maximum absolute atomic E-state index is 11.9. The molecule has 0 amide bonds. The molecule has 1 nitrogen and oxygen atoms in total. The molecule has 0 radical (unpaired) electrons. The van der Waals surface area contributed by atoms with Crippen molar-refractivity contribution < 1.29 is 4.79 Å². The number of Topliss-reactive ketones (excluding diaryl/α,β-unsaturated/α-hetero) is 1. The average Bonchev–Trinajstić information content (AvgIpc) is 2.51. The van der Waals surface area contributed by atoms with E-state index >= 15 is 0 Å². The minimum Gasteiger partial charge on any atom is -0.293 e. The van der Waals surface area contributed by atoms with Crippen LogP contribution in [-0.4, -0.2) is 5.78 Å². The summed E-state index contributed by atoms with van der Waals surface area (Å²) in [4.78, 5) is 11.9. The standard InChI is InChI=1S/C22H33ClO/c1-16(2)8-6-9-17(3)10-7-11-18(4)12-13-20-14-15-21(23)22(24)19(20)5/h8,10,12,15,19-20H,6-7,9,11,13-14H2,1-5H3/b17-10+,18-12+. The zero-order valence-corrected chi connectivity index (χ0v) is 16.7. The van der Waals surface area contributed by atoms with Crippen molar-refractivity contribution in [1.82, 2.24) is 0 Å². The van der Waals surface area contributed by atoms with Crippen molar-refractivity contribution in [2.24, 2.45) is 11.8 Å². The molecule has 0 N–H and O–H groups in total. The van der Waals surface area contributed by atoms with Crippen molar-refractivity contribution in [1.29, 1.82) is 0 Å². The van der Waals surface area contributed by atoms with Crippen LogP contribution in [0.1, 0.15) is 73.1 Å². The molecule has 134 valence electrons. The fraction of sp³-hybridized carbons (Fsp3) is 0.591. The van der Waals surface area contributed by atoms with Crippen LogP contribution in [0.15, 0.2) is 46.1 Å². The number of halogens is 1. The zero-order valence-electron chi connectivity index (χ0n) is 16.0. The molecule has 1 rings (SSSR count). The summed E-state index contributed by atoms with van der Waals surface area (Å²) < 4.78 is 0. The van der Waals surface area contributed by atoms with Crippen molar-refractivity contribution in [3.63, 3.8) is 0 Å². The molecular formula is C22H33ClO. The number of carbonyl (C=O) groups is 1. The molecule has 2 heteroatoms. The second-order valence-corrected chi connectivity index (χ2v) is 7.80. The molecule has 2 atom stereocenters. The maximum atomic E-state index is 11.9. The number of carbonyl (C=O) groups excluding carboxylic acids is 1. The lowest BCUT2D eigenvalue weighted by Gasteiger charge is -2.24. The van der Waals surface area contributed by atoms with Crippen molar-refractivity contribution in [2.45, 2.75) is 73.1 Å². The Kier molecular flexibility index (Phi) is 9.36. The first-order valence-corrected chi connectivity index (χ1v) is 9.53. The fourth-order valence-electron chi connectivity index (χ4n) is 2.98. The van der Waals surface area contributed by atoms with Gasteiger partial charge in [-0.15, -0.1) is 0 Å². The minimum atomic E-state index is 0.0452. The van der Waals surface area contributed by atoms with Gasteiger partial charge in [-0.2, -0.15) is 0 Å². The summed E-state index contributed by atoms with van der Waals surface area (Å²) in [5.74, 6) is 0.550. The molecule has 0 heterocycles. The summed E-state index contributed by atoms with van der Waals surface area (Å²) >= 11 is 5.93. The summed E-state index contributed by atoms with van der Waals surface area (Å²) in [6, 6.07) is 0. The third-order valence-electron chi connectivity index (χ3n) is 4.85. The van der Waals surface area contributed by atoms with Gasteiger partial charge in [-0.25, -0.2) is 0 Å². The lowest BCUT2D eigenvalue weighted by Crippen LogP contribution is -2.24. The van der Waals surface area contributed by atoms with E-state index in [-0.39, 0.29) is 11.7 Å². The van der Waals surface area contributed by atoms with Gasteiger partial charge < -0.3 is 0 Å². The van der Waals surface area contributed by atoms with E-state index in [1.54, 1.807) is 0 Å². The summed E-state index contributed by atoms with van der Waals surface area (Å²) in [6.45, 7) is 10.7. The Balaban J connectivity index is 2.37. The van der Waals surface area contributed by atoms with E-state index in [1.807, 2.05) is 13.0 Å². The smallest absolute Gasteiger partial charge is 0.176 e. The van der Waals surface area contributed by atoms with Crippen LogP contribution in [0.5, 0.6) is 0 Å². The zero-order chi connectivity index (χ0) is 18.1. The number of rotatable bonds is 8. The van der Waals surface area contributed by atoms with Crippen LogP contribution < -0.4 is 0 Å². The van der Waals surface area contributed by atoms with Crippen LogP contribution in [0.3, 0.4) is 0 Å². The Morgan fingerprint density at radius 1 is 1.08 bits per heavy atom. The maximum Gasteiger partial charge on any atom is 0.176 e. The first-order valence-electron chi connectivity index (χ1n) is 9.15. The first kappa shape index (κ1) is 21.0. The fourth-order valence-corrected chi connectivity index (χ4v) is 3.24. The van der Waals surface area contributed by atoms with Crippen molar-refractivity contribution in [3.05, 3.63) is 46.1 Å². The summed E-state index contributed by atoms with van der Waals surface area (Å²) in [6.07, 6.45) is 15.3. The van der Waals surface area contributed by atoms with Gasteiger partial charge in [0.1, 0.15) is 0 Å². The molecular weight excluding hydrogens is 316 g/mol. The van der Waals surface area contributed by atoms with Gasteiger partial charge in [0.05, 0.1) is 5.03 Å².